The van der Waals surface area contributed by atoms with Crippen molar-refractivity contribution in [3.8, 4) is 0 Å². The molecule has 0 saturated carbocycles. The molecular weight excluding hydrogens is 180 g/mol. The Morgan fingerprint density at radius 2 is 1.80 bits per heavy atom. The molecule has 0 radical (unpaired) electrons. The highest BCUT2D eigenvalue weighted by atomic mass is 13.9. The lowest BCUT2D eigenvalue weighted by Crippen LogP contribution is -1.71. The lowest BCUT2D eigenvalue weighted by Gasteiger charge is -1.90. The molecule has 0 amide bonds. The smallest absolute Gasteiger partial charge is 0.0209 e. The fraction of sp³-hybridized carbons (Fsp3) is 0.400. The van der Waals surface area contributed by atoms with Crippen LogP contribution in [0.5, 0.6) is 0 Å². The van der Waals surface area contributed by atoms with Gasteiger partial charge >= 0.3 is 0 Å². The predicted molar refractivity (Wildman–Crippen MR) is 69.9 cm³/mol. The van der Waals surface area contributed by atoms with E-state index in [9.17, 15) is 0 Å². The SMILES string of the molecule is C=CC=C=CCCCC/C=C/C=C/CC. The third-order valence-electron chi connectivity index (χ3n) is 1.92. The van der Waals surface area contributed by atoms with Crippen LogP contribution in [0.15, 0.2) is 54.8 Å². The van der Waals surface area contributed by atoms with Crippen molar-refractivity contribution < 1.29 is 0 Å². The predicted octanol–water partition coefficient (Wildman–Crippen LogP) is 4.97. The van der Waals surface area contributed by atoms with Crippen LogP contribution in [0.2, 0.25) is 0 Å². The Labute approximate surface area is 94.4 Å². The topological polar surface area (TPSA) is 0 Å². The fourth-order valence-electron chi connectivity index (χ4n) is 1.12. The molecule has 0 aliphatic heterocycles. The summed E-state index contributed by atoms with van der Waals surface area (Å²) in [5.74, 6) is 0. The van der Waals surface area contributed by atoms with Crippen molar-refractivity contribution in [1.82, 2.24) is 0 Å². The highest BCUT2D eigenvalue weighted by molar-refractivity contribution is 5.02. The zero-order valence-corrected chi connectivity index (χ0v) is 9.78. The molecule has 0 unspecified atom stereocenters. The van der Waals surface area contributed by atoms with Crippen LogP contribution in [-0.4, -0.2) is 0 Å². The van der Waals surface area contributed by atoms with Crippen molar-refractivity contribution >= 4 is 0 Å². The molecule has 0 aliphatic rings. The van der Waals surface area contributed by atoms with Crippen LogP contribution in [-0.2, 0) is 0 Å². The van der Waals surface area contributed by atoms with Gasteiger partial charge in [0.25, 0.3) is 0 Å². The molecular formula is C15H22. The molecule has 0 saturated heterocycles. The molecule has 0 aliphatic carbocycles. The Bertz CT molecular complexity index is 247. The van der Waals surface area contributed by atoms with Gasteiger partial charge in [-0.05, 0) is 44.3 Å². The van der Waals surface area contributed by atoms with Crippen molar-refractivity contribution in [3.05, 3.63) is 54.8 Å². The van der Waals surface area contributed by atoms with Gasteiger partial charge in [-0.3, -0.25) is 0 Å². The van der Waals surface area contributed by atoms with Crippen LogP contribution in [0, 0.1) is 0 Å². The van der Waals surface area contributed by atoms with Crippen LogP contribution < -0.4 is 0 Å². The lowest BCUT2D eigenvalue weighted by atomic mass is 10.2. The maximum Gasteiger partial charge on any atom is -0.0209 e. The average molecular weight is 202 g/mol. The van der Waals surface area contributed by atoms with Gasteiger partial charge in [0.2, 0.25) is 0 Å². The van der Waals surface area contributed by atoms with E-state index in [2.05, 4.69) is 49.6 Å². The van der Waals surface area contributed by atoms with E-state index < -0.39 is 0 Å². The number of hydrogen-bond donors (Lipinski definition) is 0. The molecule has 0 heterocycles. The van der Waals surface area contributed by atoms with Crippen molar-refractivity contribution in [2.24, 2.45) is 0 Å². The molecule has 0 rings (SSSR count). The first-order valence-corrected chi connectivity index (χ1v) is 5.75. The monoisotopic (exact) mass is 202 g/mol. The van der Waals surface area contributed by atoms with Crippen LogP contribution in [0.3, 0.4) is 0 Å². The summed E-state index contributed by atoms with van der Waals surface area (Å²) in [6, 6.07) is 0. The van der Waals surface area contributed by atoms with Gasteiger partial charge in [-0.25, -0.2) is 0 Å². The number of allylic oxidation sites excluding steroid dienone is 6. The van der Waals surface area contributed by atoms with Gasteiger partial charge in [-0.1, -0.05) is 43.9 Å². The number of rotatable bonds is 8. The van der Waals surface area contributed by atoms with Crippen molar-refractivity contribution in [1.29, 1.82) is 0 Å². The summed E-state index contributed by atoms with van der Waals surface area (Å²) in [5, 5.41) is 0. The second kappa shape index (κ2) is 12.7. The first-order valence-electron chi connectivity index (χ1n) is 5.75. The van der Waals surface area contributed by atoms with E-state index in [4.69, 9.17) is 0 Å². The summed E-state index contributed by atoms with van der Waals surface area (Å²) >= 11 is 0. The van der Waals surface area contributed by atoms with Gasteiger partial charge in [0, 0.05) is 0 Å². The molecule has 0 aromatic heterocycles. The maximum absolute atomic E-state index is 3.59. The first-order chi connectivity index (χ1) is 7.41. The molecule has 82 valence electrons. The standard InChI is InChI=1S/C15H22/c1-3-5-7-9-11-13-15-14-12-10-8-6-4-2/h3,5-6,8-10,12H,1,4,11,13-15H2,2H3/b8-6+,12-10+. The maximum atomic E-state index is 3.59. The summed E-state index contributed by atoms with van der Waals surface area (Å²) in [6.45, 7) is 5.74. The molecule has 15 heavy (non-hydrogen) atoms. The second-order valence-corrected chi connectivity index (χ2v) is 3.32. The number of unbranched alkanes of at least 4 members (excludes halogenated alkanes) is 3. The average Bonchev–Trinajstić information content (AvgIpc) is 2.26. The Morgan fingerprint density at radius 1 is 1.07 bits per heavy atom. The van der Waals surface area contributed by atoms with E-state index in [0.717, 1.165) is 12.8 Å². The molecule has 0 bridgehead atoms. The summed E-state index contributed by atoms with van der Waals surface area (Å²) in [4.78, 5) is 0. The van der Waals surface area contributed by atoms with Gasteiger partial charge in [-0.15, -0.1) is 5.73 Å². The van der Waals surface area contributed by atoms with Crippen molar-refractivity contribution in [2.45, 2.75) is 39.0 Å². The normalized spacial score (nSPS) is 10.5. The van der Waals surface area contributed by atoms with E-state index in [1.807, 2.05) is 6.08 Å². The van der Waals surface area contributed by atoms with Gasteiger partial charge in [0.15, 0.2) is 0 Å². The van der Waals surface area contributed by atoms with E-state index in [1.54, 1.807) is 6.08 Å². The zero-order valence-electron chi connectivity index (χ0n) is 9.78. The van der Waals surface area contributed by atoms with Gasteiger partial charge < -0.3 is 0 Å². The van der Waals surface area contributed by atoms with Crippen LogP contribution in [0.25, 0.3) is 0 Å². The molecule has 0 aromatic carbocycles. The van der Waals surface area contributed by atoms with Crippen LogP contribution in [0.4, 0.5) is 0 Å². The molecule has 0 N–H and O–H groups in total. The van der Waals surface area contributed by atoms with E-state index in [1.165, 1.54) is 19.3 Å². The Hall–Kier alpha value is -1.26. The summed E-state index contributed by atoms with van der Waals surface area (Å²) in [6.07, 6.45) is 20.2. The third kappa shape index (κ3) is 12.7. The van der Waals surface area contributed by atoms with E-state index >= 15 is 0 Å². The fourth-order valence-corrected chi connectivity index (χ4v) is 1.12. The summed E-state index contributed by atoms with van der Waals surface area (Å²) < 4.78 is 0. The highest BCUT2D eigenvalue weighted by Gasteiger charge is 1.81. The Balaban J connectivity index is 3.32. The summed E-state index contributed by atoms with van der Waals surface area (Å²) in [7, 11) is 0. The first kappa shape index (κ1) is 13.7. The zero-order chi connectivity index (χ0) is 11.2. The minimum atomic E-state index is 1.11. The van der Waals surface area contributed by atoms with Crippen molar-refractivity contribution in [2.75, 3.05) is 0 Å². The minimum Gasteiger partial charge on any atom is -0.125 e. The molecule has 0 atom stereocenters. The molecule has 0 nitrogen and oxygen atoms in total. The van der Waals surface area contributed by atoms with Gasteiger partial charge in [-0.2, -0.15) is 0 Å². The molecule has 0 aromatic rings. The Morgan fingerprint density at radius 3 is 2.53 bits per heavy atom. The van der Waals surface area contributed by atoms with E-state index in [0.29, 0.717) is 0 Å². The van der Waals surface area contributed by atoms with Crippen molar-refractivity contribution in [3.63, 3.8) is 0 Å². The largest absolute Gasteiger partial charge is 0.125 e. The molecule has 0 spiro atoms. The summed E-state index contributed by atoms with van der Waals surface area (Å²) in [5.41, 5.74) is 3.06. The van der Waals surface area contributed by atoms with Gasteiger partial charge in [0.05, 0.1) is 0 Å². The molecule has 0 fully saturated rings. The van der Waals surface area contributed by atoms with Gasteiger partial charge in [0.1, 0.15) is 0 Å². The highest BCUT2D eigenvalue weighted by Crippen LogP contribution is 2.01. The van der Waals surface area contributed by atoms with Crippen LogP contribution in [0.1, 0.15) is 39.0 Å². The minimum absolute atomic E-state index is 1.11. The quantitative estimate of drug-likeness (QED) is 0.296. The second-order valence-electron chi connectivity index (χ2n) is 3.32. The molecule has 0 heteroatoms. The third-order valence-corrected chi connectivity index (χ3v) is 1.92. The lowest BCUT2D eigenvalue weighted by molar-refractivity contribution is 0.762. The van der Waals surface area contributed by atoms with E-state index in [-0.39, 0.29) is 0 Å². The van der Waals surface area contributed by atoms with Crippen LogP contribution >= 0.6 is 0 Å². The number of hydrogen-bond acceptors (Lipinski definition) is 0. The Kier molecular flexibility index (Phi) is 11.7.